The normalized spacial score (nSPS) is 14.6. The highest BCUT2D eigenvalue weighted by Gasteiger charge is 1.83. The van der Waals surface area contributed by atoms with Crippen molar-refractivity contribution in [2.75, 3.05) is 14.1 Å². The summed E-state index contributed by atoms with van der Waals surface area (Å²) in [5.74, 6) is 0. The highest BCUT2D eigenvalue weighted by Crippen LogP contribution is 2.03. The zero-order chi connectivity index (χ0) is 8.53. The minimum Gasteiger partial charge on any atom is -0.323 e. The van der Waals surface area contributed by atoms with Gasteiger partial charge in [-0.25, -0.2) is 0 Å². The van der Waals surface area contributed by atoms with Gasteiger partial charge in [-0.2, -0.15) is 0 Å². The number of hydrogen-bond acceptors (Lipinski definition) is 1. The lowest BCUT2D eigenvalue weighted by Crippen LogP contribution is -1.89. The van der Waals surface area contributed by atoms with E-state index in [0.717, 1.165) is 6.42 Å². The molecule has 0 radical (unpaired) electrons. The largest absolute Gasteiger partial charge is 0.323 e. The van der Waals surface area contributed by atoms with E-state index in [1.807, 2.05) is 14.1 Å². The van der Waals surface area contributed by atoms with Crippen LogP contribution in [-0.2, 0) is 0 Å². The number of hydrogen-bond donors (Lipinski definition) is 1. The molecule has 0 aromatic carbocycles. The molecule has 1 aliphatic carbocycles. The summed E-state index contributed by atoms with van der Waals surface area (Å²) >= 11 is 0. The highest BCUT2D eigenvalue weighted by atomic mass is 14.7. The lowest BCUT2D eigenvalue weighted by atomic mass is 10.2. The molecule has 0 aromatic heterocycles. The molecule has 11 heavy (non-hydrogen) atoms. The van der Waals surface area contributed by atoms with Crippen LogP contribution in [0.3, 0.4) is 0 Å². The van der Waals surface area contributed by atoms with Crippen molar-refractivity contribution in [3.63, 3.8) is 0 Å². The molecule has 0 atom stereocenters. The van der Waals surface area contributed by atoms with Crippen molar-refractivity contribution in [1.29, 1.82) is 0 Å². The van der Waals surface area contributed by atoms with E-state index in [9.17, 15) is 0 Å². The molecule has 0 spiro atoms. The quantitative estimate of drug-likeness (QED) is 0.560. The second-order valence-electron chi connectivity index (χ2n) is 2.53. The fourth-order valence-corrected chi connectivity index (χ4v) is 0.685. The smallest absolute Gasteiger partial charge is 0.0135 e. The van der Waals surface area contributed by atoms with Crippen molar-refractivity contribution in [2.45, 2.75) is 13.3 Å². The molecule has 0 saturated heterocycles. The fraction of sp³-hybridized carbons (Fsp3) is 0.400. The fourth-order valence-electron chi connectivity index (χ4n) is 0.685. The lowest BCUT2D eigenvalue weighted by Gasteiger charge is -1.86. The van der Waals surface area contributed by atoms with E-state index in [4.69, 9.17) is 0 Å². The van der Waals surface area contributed by atoms with Crippen LogP contribution in [0.4, 0.5) is 0 Å². The van der Waals surface area contributed by atoms with Crippen molar-refractivity contribution < 1.29 is 0 Å². The van der Waals surface area contributed by atoms with Crippen LogP contribution in [0.1, 0.15) is 13.3 Å². The Labute approximate surface area is 69.5 Å². The molecule has 0 heterocycles. The molecule has 0 fully saturated rings. The first-order valence-electron chi connectivity index (χ1n) is 3.88. The Hall–Kier alpha value is -0.820. The van der Waals surface area contributed by atoms with E-state index < -0.39 is 0 Å². The second kappa shape index (κ2) is 7.29. The van der Waals surface area contributed by atoms with Crippen molar-refractivity contribution in [3.8, 4) is 0 Å². The third-order valence-corrected chi connectivity index (χ3v) is 1.18. The second-order valence-corrected chi connectivity index (χ2v) is 2.53. The zero-order valence-electron chi connectivity index (χ0n) is 7.59. The van der Waals surface area contributed by atoms with Gasteiger partial charge in [0.1, 0.15) is 0 Å². The van der Waals surface area contributed by atoms with Crippen molar-refractivity contribution in [1.82, 2.24) is 5.32 Å². The first kappa shape index (κ1) is 10.2. The lowest BCUT2D eigenvalue weighted by molar-refractivity contribution is 1.02. The van der Waals surface area contributed by atoms with Crippen LogP contribution in [-0.4, -0.2) is 14.1 Å². The van der Waals surface area contributed by atoms with Gasteiger partial charge in [0.15, 0.2) is 0 Å². The number of nitrogens with one attached hydrogen (secondary N) is 1. The van der Waals surface area contributed by atoms with Gasteiger partial charge in [-0.3, -0.25) is 0 Å². The highest BCUT2D eigenvalue weighted by molar-refractivity contribution is 5.21. The number of allylic oxidation sites excluding steroid dienone is 6. The van der Waals surface area contributed by atoms with Crippen LogP contribution in [0.2, 0.25) is 0 Å². The molecule has 1 heteroatoms. The van der Waals surface area contributed by atoms with E-state index in [-0.39, 0.29) is 0 Å². The van der Waals surface area contributed by atoms with Crippen LogP contribution >= 0.6 is 0 Å². The summed E-state index contributed by atoms with van der Waals surface area (Å²) in [6.07, 6.45) is 11.6. The zero-order valence-corrected chi connectivity index (χ0v) is 7.59. The molecule has 1 nitrogen and oxygen atoms in total. The molecular formula is C10H17N. The summed E-state index contributed by atoms with van der Waals surface area (Å²) in [4.78, 5) is 0. The van der Waals surface area contributed by atoms with Crippen LogP contribution in [0.25, 0.3) is 0 Å². The Kier molecular flexibility index (Phi) is 6.75. The monoisotopic (exact) mass is 151 g/mol. The van der Waals surface area contributed by atoms with E-state index >= 15 is 0 Å². The third-order valence-electron chi connectivity index (χ3n) is 1.18. The Bertz CT molecular complexity index is 164. The first-order valence-corrected chi connectivity index (χ1v) is 3.88. The van der Waals surface area contributed by atoms with E-state index in [0.29, 0.717) is 0 Å². The Morgan fingerprint density at radius 2 is 1.82 bits per heavy atom. The molecule has 1 aliphatic rings. The molecule has 0 aromatic rings. The molecule has 0 saturated carbocycles. The molecular weight excluding hydrogens is 134 g/mol. The molecule has 62 valence electrons. The van der Waals surface area contributed by atoms with Crippen molar-refractivity contribution in [3.05, 3.63) is 36.0 Å². The Balaban J connectivity index is 0.000000292. The van der Waals surface area contributed by atoms with E-state index in [1.54, 1.807) is 0 Å². The summed E-state index contributed by atoms with van der Waals surface area (Å²) < 4.78 is 0. The molecule has 1 N–H and O–H groups in total. The maximum atomic E-state index is 2.75. The summed E-state index contributed by atoms with van der Waals surface area (Å²) in [5, 5.41) is 2.75. The van der Waals surface area contributed by atoms with Gasteiger partial charge in [0.25, 0.3) is 0 Å². The van der Waals surface area contributed by atoms with Crippen molar-refractivity contribution in [2.24, 2.45) is 0 Å². The minimum atomic E-state index is 1.10. The standard InChI is InChI=1S/C8H10.C2H7N/c1-8-6-4-2-3-5-7-8;1-3-2/h2-6H,7H2,1H3;3H,1-2H3. The van der Waals surface area contributed by atoms with E-state index in [2.05, 4.69) is 42.6 Å². The topological polar surface area (TPSA) is 12.0 Å². The predicted molar refractivity (Wildman–Crippen MR) is 51.6 cm³/mol. The van der Waals surface area contributed by atoms with Gasteiger partial charge in [-0.15, -0.1) is 0 Å². The summed E-state index contributed by atoms with van der Waals surface area (Å²) in [7, 11) is 3.75. The van der Waals surface area contributed by atoms with Gasteiger partial charge < -0.3 is 5.32 Å². The van der Waals surface area contributed by atoms with Gasteiger partial charge in [-0.05, 0) is 27.4 Å². The van der Waals surface area contributed by atoms with Gasteiger partial charge in [0.05, 0.1) is 0 Å². The Morgan fingerprint density at radius 1 is 1.18 bits per heavy atom. The molecule has 0 amide bonds. The number of rotatable bonds is 0. The van der Waals surface area contributed by atoms with Gasteiger partial charge in [0, 0.05) is 0 Å². The predicted octanol–water partition coefficient (Wildman–Crippen LogP) is 2.28. The van der Waals surface area contributed by atoms with Gasteiger partial charge >= 0.3 is 0 Å². The average Bonchev–Trinajstić information content (AvgIpc) is 2.18. The van der Waals surface area contributed by atoms with Crippen LogP contribution < -0.4 is 5.32 Å². The minimum absolute atomic E-state index is 1.10. The van der Waals surface area contributed by atoms with Crippen LogP contribution in [0.15, 0.2) is 36.0 Å². The van der Waals surface area contributed by atoms with Gasteiger partial charge in [-0.1, -0.05) is 36.0 Å². The van der Waals surface area contributed by atoms with Crippen LogP contribution in [0, 0.1) is 0 Å². The summed E-state index contributed by atoms with van der Waals surface area (Å²) in [6.45, 7) is 2.14. The Morgan fingerprint density at radius 3 is 2.45 bits per heavy atom. The average molecular weight is 151 g/mol. The van der Waals surface area contributed by atoms with Crippen molar-refractivity contribution >= 4 is 0 Å². The maximum absolute atomic E-state index is 2.75. The molecule has 0 unspecified atom stereocenters. The van der Waals surface area contributed by atoms with Gasteiger partial charge in [0.2, 0.25) is 0 Å². The van der Waals surface area contributed by atoms with E-state index in [1.165, 1.54) is 5.57 Å². The first-order chi connectivity index (χ1) is 5.31. The molecule has 0 bridgehead atoms. The maximum Gasteiger partial charge on any atom is -0.0135 e. The summed E-state index contributed by atoms with van der Waals surface area (Å²) in [5.41, 5.74) is 1.43. The third kappa shape index (κ3) is 7.07. The molecule has 0 aliphatic heterocycles. The SMILES string of the molecule is CC1=CC=CC=CC1.CNC. The summed E-state index contributed by atoms with van der Waals surface area (Å²) in [6, 6.07) is 0. The van der Waals surface area contributed by atoms with Crippen LogP contribution in [0.5, 0.6) is 0 Å². The molecule has 1 rings (SSSR count).